The van der Waals surface area contributed by atoms with E-state index in [1.54, 1.807) is 14.2 Å². The molecule has 0 saturated carbocycles. The van der Waals surface area contributed by atoms with Gasteiger partial charge in [0.1, 0.15) is 5.75 Å². The highest BCUT2D eigenvalue weighted by Crippen LogP contribution is 2.39. The Morgan fingerprint density at radius 1 is 1.22 bits per heavy atom. The number of hydrogen-bond donors (Lipinski definition) is 1. The molecule has 0 unspecified atom stereocenters. The van der Waals surface area contributed by atoms with Crippen molar-refractivity contribution in [2.24, 2.45) is 0 Å². The van der Waals surface area contributed by atoms with Crippen LogP contribution in [0.25, 0.3) is 11.3 Å². The first-order valence-electron chi connectivity index (χ1n) is 8.12. The van der Waals surface area contributed by atoms with Crippen molar-refractivity contribution in [3.8, 4) is 17.0 Å². The molecule has 1 aromatic carbocycles. The molecule has 1 aromatic heterocycles. The molecule has 0 bridgehead atoms. The van der Waals surface area contributed by atoms with Crippen LogP contribution in [-0.2, 0) is 4.74 Å². The van der Waals surface area contributed by atoms with E-state index in [2.05, 4.69) is 18.0 Å². The third-order valence-electron chi connectivity index (χ3n) is 4.00. The van der Waals surface area contributed by atoms with Gasteiger partial charge in [0.05, 0.1) is 18.9 Å². The van der Waals surface area contributed by atoms with Gasteiger partial charge in [0.2, 0.25) is 0 Å². The van der Waals surface area contributed by atoms with Crippen LogP contribution in [0.15, 0.2) is 23.6 Å². The lowest BCUT2D eigenvalue weighted by Gasteiger charge is -2.20. The lowest BCUT2D eigenvalue weighted by Crippen LogP contribution is -2.05. The first-order chi connectivity index (χ1) is 11.2. The minimum Gasteiger partial charge on any atom is -0.496 e. The number of aromatic nitrogens is 1. The summed E-state index contributed by atoms with van der Waals surface area (Å²) in [6.07, 6.45) is 5.94. The van der Waals surface area contributed by atoms with E-state index in [-0.39, 0.29) is 6.10 Å². The minimum absolute atomic E-state index is 0.0396. The van der Waals surface area contributed by atoms with Gasteiger partial charge in [-0.2, -0.15) is 0 Å². The molecule has 126 valence electrons. The van der Waals surface area contributed by atoms with Gasteiger partial charge in [0, 0.05) is 23.6 Å². The van der Waals surface area contributed by atoms with Crippen LogP contribution in [-0.4, -0.2) is 19.2 Å². The zero-order valence-electron chi connectivity index (χ0n) is 14.2. The summed E-state index contributed by atoms with van der Waals surface area (Å²) >= 11 is 1.44. The van der Waals surface area contributed by atoms with Crippen molar-refractivity contribution in [1.29, 1.82) is 0 Å². The Morgan fingerprint density at radius 2 is 2.04 bits per heavy atom. The van der Waals surface area contributed by atoms with E-state index in [9.17, 15) is 0 Å². The molecule has 0 spiro atoms. The monoisotopic (exact) mass is 334 g/mol. The molecule has 0 amide bonds. The third-order valence-corrected chi connectivity index (χ3v) is 4.67. The molecule has 0 saturated heterocycles. The molecule has 0 radical (unpaired) electrons. The molecule has 0 aliphatic heterocycles. The Labute approximate surface area is 142 Å². The summed E-state index contributed by atoms with van der Waals surface area (Å²) in [7, 11) is 3.46. The number of thiazole rings is 1. The van der Waals surface area contributed by atoms with Crippen LogP contribution < -0.4 is 10.5 Å². The van der Waals surface area contributed by atoms with Gasteiger partial charge < -0.3 is 15.2 Å². The van der Waals surface area contributed by atoms with Crippen LogP contribution in [0.1, 0.15) is 50.7 Å². The number of hydrogen-bond acceptors (Lipinski definition) is 5. The highest BCUT2D eigenvalue weighted by molar-refractivity contribution is 7.13. The van der Waals surface area contributed by atoms with E-state index < -0.39 is 0 Å². The fraction of sp³-hybridized carbons (Fsp3) is 0.500. The number of para-hydroxylation sites is 1. The minimum atomic E-state index is 0.0396. The Balaban J connectivity index is 2.26. The Hall–Kier alpha value is -1.59. The van der Waals surface area contributed by atoms with Crippen LogP contribution in [0.3, 0.4) is 0 Å². The summed E-state index contributed by atoms with van der Waals surface area (Å²) in [5.74, 6) is 0.833. The van der Waals surface area contributed by atoms with E-state index in [1.807, 2.05) is 17.5 Å². The molecule has 1 atom stereocenters. The van der Waals surface area contributed by atoms with Crippen molar-refractivity contribution in [2.75, 3.05) is 20.0 Å². The number of nitrogen functional groups attached to an aromatic ring is 1. The summed E-state index contributed by atoms with van der Waals surface area (Å²) in [5.41, 5.74) is 8.67. The van der Waals surface area contributed by atoms with Crippen molar-refractivity contribution < 1.29 is 9.47 Å². The van der Waals surface area contributed by atoms with Crippen molar-refractivity contribution >= 4 is 16.5 Å². The number of methoxy groups -OCH3 is 2. The number of ether oxygens (including phenoxy) is 2. The maximum absolute atomic E-state index is 5.77. The third kappa shape index (κ3) is 4.45. The second-order valence-corrected chi connectivity index (χ2v) is 6.46. The Kier molecular flexibility index (Phi) is 6.86. The number of unbranched alkanes of at least 4 members (excludes halogenated alkanes) is 3. The largest absolute Gasteiger partial charge is 0.496 e. The lowest BCUT2D eigenvalue weighted by molar-refractivity contribution is 0.0908. The van der Waals surface area contributed by atoms with Gasteiger partial charge in [-0.3, -0.25) is 0 Å². The van der Waals surface area contributed by atoms with Crippen molar-refractivity contribution in [3.05, 3.63) is 29.1 Å². The predicted octanol–water partition coefficient (Wildman–Crippen LogP) is 5.06. The zero-order chi connectivity index (χ0) is 16.7. The van der Waals surface area contributed by atoms with Gasteiger partial charge in [0.15, 0.2) is 5.13 Å². The average molecular weight is 334 g/mol. The standard InChI is InChI=1S/C18H26N2O2S/c1-4-5-6-7-11-16(21-2)14-10-8-9-13(17(14)22-3)15-12-23-18(19)20-15/h8-10,12,16H,4-7,11H2,1-3H3,(H2,19,20)/t16-/m0/s1. The van der Waals surface area contributed by atoms with E-state index in [4.69, 9.17) is 15.2 Å². The summed E-state index contributed by atoms with van der Waals surface area (Å²) in [6, 6.07) is 6.12. The molecule has 0 aliphatic carbocycles. The van der Waals surface area contributed by atoms with Crippen molar-refractivity contribution in [1.82, 2.24) is 4.98 Å². The molecule has 0 aliphatic rings. The molecule has 4 nitrogen and oxygen atoms in total. The number of benzene rings is 1. The van der Waals surface area contributed by atoms with Crippen molar-refractivity contribution in [2.45, 2.75) is 45.1 Å². The van der Waals surface area contributed by atoms with Crippen LogP contribution in [0, 0.1) is 0 Å². The van der Waals surface area contributed by atoms with Crippen LogP contribution in [0.2, 0.25) is 0 Å². The van der Waals surface area contributed by atoms with E-state index >= 15 is 0 Å². The number of rotatable bonds is 9. The molecule has 2 rings (SSSR count). The topological polar surface area (TPSA) is 57.4 Å². The van der Waals surface area contributed by atoms with Gasteiger partial charge in [0.25, 0.3) is 0 Å². The smallest absolute Gasteiger partial charge is 0.180 e. The van der Waals surface area contributed by atoms with E-state index in [1.165, 1.54) is 30.6 Å². The molecule has 2 aromatic rings. The molecule has 0 fully saturated rings. The maximum atomic E-state index is 5.77. The number of nitrogens with zero attached hydrogens (tertiary/aromatic N) is 1. The fourth-order valence-corrected chi connectivity index (χ4v) is 3.37. The highest BCUT2D eigenvalue weighted by atomic mass is 32.1. The average Bonchev–Trinajstić information content (AvgIpc) is 3.00. The molecule has 5 heteroatoms. The zero-order valence-corrected chi connectivity index (χ0v) is 15.0. The van der Waals surface area contributed by atoms with Gasteiger partial charge in [-0.05, 0) is 12.5 Å². The highest BCUT2D eigenvalue weighted by Gasteiger charge is 2.19. The maximum Gasteiger partial charge on any atom is 0.180 e. The first kappa shape index (κ1) is 17.8. The Morgan fingerprint density at radius 3 is 2.65 bits per heavy atom. The molecular weight excluding hydrogens is 308 g/mol. The SMILES string of the molecule is CCCCCC[C@H](OC)c1cccc(-c2csc(N)n2)c1OC. The number of anilines is 1. The second kappa shape index (κ2) is 8.89. The second-order valence-electron chi connectivity index (χ2n) is 5.57. The first-order valence-corrected chi connectivity index (χ1v) is 9.00. The van der Waals surface area contributed by atoms with Gasteiger partial charge in [-0.1, -0.05) is 44.7 Å². The Bertz CT molecular complexity index is 613. The fourth-order valence-electron chi connectivity index (χ4n) is 2.81. The molecule has 23 heavy (non-hydrogen) atoms. The van der Waals surface area contributed by atoms with Gasteiger partial charge >= 0.3 is 0 Å². The normalized spacial score (nSPS) is 12.3. The number of nitrogens with two attached hydrogens (primary N) is 1. The predicted molar refractivity (Wildman–Crippen MR) is 97.0 cm³/mol. The molecule has 1 heterocycles. The summed E-state index contributed by atoms with van der Waals surface area (Å²) in [6.45, 7) is 2.22. The van der Waals surface area contributed by atoms with E-state index in [0.717, 1.165) is 35.4 Å². The van der Waals surface area contributed by atoms with Gasteiger partial charge in [-0.15, -0.1) is 11.3 Å². The summed E-state index contributed by atoms with van der Waals surface area (Å²) in [4.78, 5) is 4.38. The molecular formula is C18H26N2O2S. The van der Waals surface area contributed by atoms with Crippen LogP contribution in [0.4, 0.5) is 5.13 Å². The summed E-state index contributed by atoms with van der Waals surface area (Å²) < 4.78 is 11.4. The van der Waals surface area contributed by atoms with E-state index in [0.29, 0.717) is 5.13 Å². The van der Waals surface area contributed by atoms with Crippen molar-refractivity contribution in [3.63, 3.8) is 0 Å². The lowest BCUT2D eigenvalue weighted by atomic mass is 9.98. The van der Waals surface area contributed by atoms with Gasteiger partial charge in [-0.25, -0.2) is 4.98 Å². The molecule has 2 N–H and O–H groups in total. The van der Waals surface area contributed by atoms with Crippen LogP contribution in [0.5, 0.6) is 5.75 Å². The quantitative estimate of drug-likeness (QED) is 0.651. The van der Waals surface area contributed by atoms with Crippen LogP contribution >= 0.6 is 11.3 Å². The summed E-state index contributed by atoms with van der Waals surface area (Å²) in [5, 5.41) is 2.52.